The van der Waals surface area contributed by atoms with Crippen molar-refractivity contribution in [3.63, 3.8) is 0 Å². The van der Waals surface area contributed by atoms with E-state index in [1.54, 1.807) is 31.2 Å². The second kappa shape index (κ2) is 8.22. The summed E-state index contributed by atoms with van der Waals surface area (Å²) >= 11 is 3.21. The SMILES string of the molecule is CCOC(=O)CC1(CC(F)(F)F)CCc2cc(-c3ccc(Br)nn3)ccc2C1=O. The van der Waals surface area contributed by atoms with E-state index in [1.165, 1.54) is 6.07 Å². The average Bonchev–Trinajstić information content (AvgIpc) is 2.64. The third-order valence-corrected chi connectivity index (χ3v) is 5.38. The molecule has 0 saturated heterocycles. The smallest absolute Gasteiger partial charge is 0.390 e. The fourth-order valence-electron chi connectivity index (χ4n) is 3.70. The van der Waals surface area contributed by atoms with E-state index in [1.807, 2.05) is 0 Å². The predicted molar refractivity (Wildman–Crippen MR) is 102 cm³/mol. The van der Waals surface area contributed by atoms with E-state index in [0.717, 1.165) is 0 Å². The van der Waals surface area contributed by atoms with Gasteiger partial charge < -0.3 is 4.74 Å². The number of carbonyl (C=O) groups excluding carboxylic acids is 2. The molecule has 1 aliphatic carbocycles. The van der Waals surface area contributed by atoms with Crippen LogP contribution < -0.4 is 0 Å². The van der Waals surface area contributed by atoms with Crippen LogP contribution in [0.5, 0.6) is 0 Å². The summed E-state index contributed by atoms with van der Waals surface area (Å²) in [6.07, 6.45) is -6.34. The molecule has 1 aromatic heterocycles. The Labute approximate surface area is 173 Å². The van der Waals surface area contributed by atoms with E-state index in [2.05, 4.69) is 26.1 Å². The molecule has 29 heavy (non-hydrogen) atoms. The monoisotopic (exact) mass is 470 g/mol. The number of hydrogen-bond acceptors (Lipinski definition) is 5. The fourth-order valence-corrected chi connectivity index (χ4v) is 3.91. The summed E-state index contributed by atoms with van der Waals surface area (Å²) in [5.41, 5.74) is 0.307. The minimum absolute atomic E-state index is 0.0449. The summed E-state index contributed by atoms with van der Waals surface area (Å²) in [6.45, 7) is 1.61. The van der Waals surface area contributed by atoms with Crippen molar-refractivity contribution in [2.24, 2.45) is 5.41 Å². The normalized spacial score (nSPS) is 19.0. The number of halogens is 4. The molecule has 1 atom stereocenters. The highest BCUT2D eigenvalue weighted by Crippen LogP contribution is 2.46. The third-order valence-electron chi connectivity index (χ3n) is 4.96. The Balaban J connectivity index is 1.96. The van der Waals surface area contributed by atoms with Crippen LogP contribution >= 0.6 is 15.9 Å². The van der Waals surface area contributed by atoms with Gasteiger partial charge in [0.05, 0.1) is 30.6 Å². The lowest BCUT2D eigenvalue weighted by molar-refractivity contribution is -0.162. The van der Waals surface area contributed by atoms with Crippen LogP contribution in [-0.4, -0.2) is 34.7 Å². The first-order chi connectivity index (χ1) is 13.6. The lowest BCUT2D eigenvalue weighted by Gasteiger charge is -2.36. The van der Waals surface area contributed by atoms with Crippen LogP contribution in [-0.2, 0) is 16.0 Å². The van der Waals surface area contributed by atoms with Crippen molar-refractivity contribution < 1.29 is 27.5 Å². The van der Waals surface area contributed by atoms with Gasteiger partial charge in [-0.3, -0.25) is 9.59 Å². The Bertz CT molecular complexity index is 932. The number of nitrogens with zero attached hydrogens (tertiary/aromatic N) is 2. The quantitative estimate of drug-likeness (QED) is 0.579. The first kappa shape index (κ1) is 21.4. The van der Waals surface area contributed by atoms with Gasteiger partial charge in [-0.05, 0) is 59.5 Å². The number of aryl methyl sites for hydroxylation is 1. The summed E-state index contributed by atoms with van der Waals surface area (Å²) in [5, 5.41) is 7.98. The van der Waals surface area contributed by atoms with E-state index in [9.17, 15) is 22.8 Å². The zero-order chi connectivity index (χ0) is 21.2. The molecule has 1 aromatic carbocycles. The minimum atomic E-state index is -4.58. The van der Waals surface area contributed by atoms with Crippen molar-refractivity contribution in [1.82, 2.24) is 10.2 Å². The van der Waals surface area contributed by atoms with E-state index in [0.29, 0.717) is 21.4 Å². The van der Waals surface area contributed by atoms with Gasteiger partial charge in [0, 0.05) is 11.1 Å². The topological polar surface area (TPSA) is 69.2 Å². The number of carbonyl (C=O) groups is 2. The van der Waals surface area contributed by atoms with E-state index >= 15 is 0 Å². The standard InChI is InChI=1S/C20H18BrF3N2O3/c1-2-29-17(27)10-19(11-20(22,23)24)8-7-12-9-13(3-4-14(12)18(19)28)15-5-6-16(21)26-25-15/h3-6,9H,2,7-8,10-11H2,1H3. The van der Waals surface area contributed by atoms with Crippen molar-refractivity contribution in [3.05, 3.63) is 46.1 Å². The summed E-state index contributed by atoms with van der Waals surface area (Å²) in [4.78, 5) is 25.1. The molecule has 5 nitrogen and oxygen atoms in total. The molecule has 3 rings (SSSR count). The highest BCUT2D eigenvalue weighted by molar-refractivity contribution is 9.10. The lowest BCUT2D eigenvalue weighted by atomic mass is 9.66. The molecule has 0 N–H and O–H groups in total. The first-order valence-corrected chi connectivity index (χ1v) is 9.82. The summed E-state index contributed by atoms with van der Waals surface area (Å²) in [6, 6.07) is 8.35. The molecule has 1 aliphatic rings. The number of hydrogen-bond donors (Lipinski definition) is 0. The van der Waals surface area contributed by atoms with E-state index in [4.69, 9.17) is 4.74 Å². The Hall–Kier alpha value is -2.29. The van der Waals surface area contributed by atoms with E-state index < -0.39 is 36.2 Å². The molecule has 1 heterocycles. The highest BCUT2D eigenvalue weighted by atomic mass is 79.9. The summed E-state index contributed by atoms with van der Waals surface area (Å²) < 4.78 is 45.2. The van der Waals surface area contributed by atoms with Crippen LogP contribution in [0.4, 0.5) is 13.2 Å². The van der Waals surface area contributed by atoms with Gasteiger partial charge >= 0.3 is 12.1 Å². The van der Waals surface area contributed by atoms with E-state index in [-0.39, 0.29) is 25.0 Å². The number of ketones is 1. The van der Waals surface area contributed by atoms with Gasteiger partial charge in [-0.1, -0.05) is 12.1 Å². The Morgan fingerprint density at radius 1 is 1.24 bits per heavy atom. The van der Waals surface area contributed by atoms with Crippen LogP contribution in [0, 0.1) is 5.41 Å². The van der Waals surface area contributed by atoms with Crippen molar-refractivity contribution in [2.75, 3.05) is 6.61 Å². The molecule has 154 valence electrons. The fraction of sp³-hybridized carbons (Fsp3) is 0.400. The number of rotatable bonds is 5. The molecular weight excluding hydrogens is 453 g/mol. The molecule has 0 saturated carbocycles. The van der Waals surface area contributed by atoms with Crippen LogP contribution in [0.25, 0.3) is 11.3 Å². The van der Waals surface area contributed by atoms with Crippen LogP contribution in [0.15, 0.2) is 34.9 Å². The Morgan fingerprint density at radius 2 is 2.00 bits per heavy atom. The molecule has 0 amide bonds. The molecule has 1 unspecified atom stereocenters. The van der Waals surface area contributed by atoms with Crippen LogP contribution in [0.2, 0.25) is 0 Å². The summed E-state index contributed by atoms with van der Waals surface area (Å²) in [5.74, 6) is -1.46. The van der Waals surface area contributed by atoms with Crippen LogP contribution in [0.1, 0.15) is 42.1 Å². The van der Waals surface area contributed by atoms with Crippen molar-refractivity contribution in [2.45, 2.75) is 38.8 Å². The number of ether oxygens (including phenoxy) is 1. The molecule has 0 spiro atoms. The van der Waals surface area contributed by atoms with Crippen molar-refractivity contribution in [1.29, 1.82) is 0 Å². The van der Waals surface area contributed by atoms with Gasteiger partial charge in [-0.15, -0.1) is 10.2 Å². The van der Waals surface area contributed by atoms with Gasteiger partial charge in [0.2, 0.25) is 0 Å². The molecular formula is C20H18BrF3N2O3. The van der Waals surface area contributed by atoms with Gasteiger partial charge in [-0.2, -0.15) is 13.2 Å². The molecule has 9 heteroatoms. The predicted octanol–water partition coefficient (Wildman–Crippen LogP) is 4.93. The molecule has 0 fully saturated rings. The number of Topliss-reactive ketones (excluding diaryl/α,β-unsaturated/α-hetero) is 1. The number of fused-ring (bicyclic) bond motifs is 1. The van der Waals surface area contributed by atoms with Gasteiger partial charge in [-0.25, -0.2) is 0 Å². The molecule has 0 aliphatic heterocycles. The number of benzene rings is 1. The van der Waals surface area contributed by atoms with Gasteiger partial charge in [0.15, 0.2) is 5.78 Å². The zero-order valence-electron chi connectivity index (χ0n) is 15.6. The zero-order valence-corrected chi connectivity index (χ0v) is 17.1. The Kier molecular flexibility index (Phi) is 6.07. The highest BCUT2D eigenvalue weighted by Gasteiger charge is 2.51. The summed E-state index contributed by atoms with van der Waals surface area (Å²) in [7, 11) is 0. The second-order valence-corrected chi connectivity index (χ2v) is 7.81. The maximum Gasteiger partial charge on any atom is 0.390 e. The van der Waals surface area contributed by atoms with Gasteiger partial charge in [0.1, 0.15) is 4.60 Å². The lowest BCUT2D eigenvalue weighted by Crippen LogP contribution is -2.42. The first-order valence-electron chi connectivity index (χ1n) is 9.03. The number of alkyl halides is 3. The minimum Gasteiger partial charge on any atom is -0.466 e. The van der Waals surface area contributed by atoms with Crippen molar-refractivity contribution in [3.8, 4) is 11.3 Å². The number of aromatic nitrogens is 2. The maximum atomic E-state index is 13.3. The second-order valence-electron chi connectivity index (χ2n) is 7.00. The third kappa shape index (κ3) is 4.83. The van der Waals surface area contributed by atoms with Crippen LogP contribution in [0.3, 0.4) is 0 Å². The average molecular weight is 471 g/mol. The Morgan fingerprint density at radius 3 is 2.62 bits per heavy atom. The maximum absolute atomic E-state index is 13.3. The molecule has 2 aromatic rings. The van der Waals surface area contributed by atoms with Gasteiger partial charge in [0.25, 0.3) is 0 Å². The molecule has 0 bridgehead atoms. The largest absolute Gasteiger partial charge is 0.466 e. The number of esters is 1. The van der Waals surface area contributed by atoms with Crippen molar-refractivity contribution >= 4 is 27.7 Å². The molecule has 0 radical (unpaired) electrons.